The molecule has 0 saturated carbocycles. The molecule has 0 radical (unpaired) electrons. The normalized spacial score (nSPS) is 16.2. The van der Waals surface area contributed by atoms with Crippen LogP contribution >= 0.6 is 0 Å². The largest absolute Gasteiger partial charge is 0.456 e. The van der Waals surface area contributed by atoms with Gasteiger partial charge in [-0.1, -0.05) is 163 Å². The van der Waals surface area contributed by atoms with Gasteiger partial charge in [-0.2, -0.15) is 0 Å². The Hall–Kier alpha value is -6.00. The van der Waals surface area contributed by atoms with Gasteiger partial charge in [0.05, 0.1) is 5.69 Å². The maximum absolute atomic E-state index is 6.97. The van der Waals surface area contributed by atoms with Crippen LogP contribution in [0.2, 0.25) is 0 Å². The van der Waals surface area contributed by atoms with Gasteiger partial charge in [0.25, 0.3) is 6.71 Å². The molecule has 0 bridgehead atoms. The zero-order valence-electron chi connectivity index (χ0n) is 42.4. The Morgan fingerprint density at radius 2 is 1.00 bits per heavy atom. The number of hydrogen-bond donors (Lipinski definition) is 0. The number of nitrogens with zero attached hydrogens (tertiary/aromatic N) is 2. The first kappa shape index (κ1) is 43.6. The number of para-hydroxylation sites is 1. The maximum atomic E-state index is 6.97. The van der Waals surface area contributed by atoms with Crippen LogP contribution in [-0.2, 0) is 27.1 Å². The van der Waals surface area contributed by atoms with E-state index in [1.165, 1.54) is 100 Å². The Labute approximate surface area is 400 Å². The first-order chi connectivity index (χ1) is 31.5. The number of aryl methyl sites for hydroxylation is 1. The molecule has 0 saturated heterocycles. The first-order valence-electron chi connectivity index (χ1n) is 24.8. The summed E-state index contributed by atoms with van der Waals surface area (Å²) in [5.74, 6) is 0. The topological polar surface area (TPSA) is 19.6 Å². The number of furan rings is 1. The van der Waals surface area contributed by atoms with Crippen LogP contribution in [0.5, 0.6) is 0 Å². The predicted molar refractivity (Wildman–Crippen MR) is 289 cm³/mol. The van der Waals surface area contributed by atoms with Crippen molar-refractivity contribution < 1.29 is 4.42 Å². The summed E-state index contributed by atoms with van der Waals surface area (Å²) < 4.78 is 6.97. The van der Waals surface area contributed by atoms with E-state index in [2.05, 4.69) is 234 Å². The summed E-state index contributed by atoms with van der Waals surface area (Å²) in [6, 6.07) is 49.3. The second-order valence-corrected chi connectivity index (χ2v) is 24.6. The van der Waals surface area contributed by atoms with Gasteiger partial charge >= 0.3 is 0 Å². The molecular formula is C63H67BN2O. The summed E-state index contributed by atoms with van der Waals surface area (Å²) in [6.45, 7) is 33.1. The van der Waals surface area contributed by atoms with Crippen molar-refractivity contribution in [2.75, 3.05) is 9.80 Å². The van der Waals surface area contributed by atoms with Crippen molar-refractivity contribution in [3.05, 3.63) is 161 Å². The molecule has 7 aromatic carbocycles. The summed E-state index contributed by atoms with van der Waals surface area (Å²) >= 11 is 0. The number of fused-ring (bicyclic) bond motifs is 8. The van der Waals surface area contributed by atoms with Crippen LogP contribution in [0.4, 0.5) is 34.1 Å². The van der Waals surface area contributed by atoms with Crippen LogP contribution in [0, 0.1) is 6.92 Å². The van der Waals surface area contributed by atoms with Crippen molar-refractivity contribution in [3.63, 3.8) is 0 Å². The van der Waals surface area contributed by atoms with E-state index < -0.39 is 0 Å². The van der Waals surface area contributed by atoms with Crippen molar-refractivity contribution in [2.24, 2.45) is 0 Å². The summed E-state index contributed by atoms with van der Waals surface area (Å²) in [7, 11) is 0. The van der Waals surface area contributed by atoms with Crippen LogP contribution in [0.25, 0.3) is 33.1 Å². The average Bonchev–Trinajstić information content (AvgIpc) is 3.63. The maximum Gasteiger partial charge on any atom is 0.252 e. The minimum absolute atomic E-state index is 0.00404. The molecule has 11 rings (SSSR count). The van der Waals surface area contributed by atoms with Gasteiger partial charge in [-0.05, 0) is 157 Å². The molecule has 4 heteroatoms. The van der Waals surface area contributed by atoms with E-state index in [9.17, 15) is 0 Å². The lowest BCUT2D eigenvalue weighted by Crippen LogP contribution is -2.62. The Bertz CT molecular complexity index is 3330. The Balaban J connectivity index is 1.31. The second-order valence-electron chi connectivity index (χ2n) is 24.6. The van der Waals surface area contributed by atoms with Gasteiger partial charge in [-0.3, -0.25) is 0 Å². The molecule has 0 spiro atoms. The fraction of sp³-hybridized carbons (Fsp3) is 0.333. The summed E-state index contributed by atoms with van der Waals surface area (Å²) in [6.07, 6.45) is 2.31. The van der Waals surface area contributed by atoms with E-state index in [0.29, 0.717) is 0 Å². The van der Waals surface area contributed by atoms with Crippen LogP contribution in [0.15, 0.2) is 132 Å². The lowest BCUT2D eigenvalue weighted by molar-refractivity contribution is 0.332. The average molecular weight is 879 g/mol. The minimum atomic E-state index is -0.140. The Kier molecular flexibility index (Phi) is 9.43. The second kappa shape index (κ2) is 14.5. The number of anilines is 6. The number of rotatable bonds is 3. The van der Waals surface area contributed by atoms with Gasteiger partial charge < -0.3 is 14.2 Å². The van der Waals surface area contributed by atoms with E-state index in [1.54, 1.807) is 0 Å². The molecule has 0 atom stereocenters. The SMILES string of the molecule is Cc1cc(C(C)(C)C)ccc1N1c2cc3c(cc2B2c4cc5oc6ccc(C(C)(C)C)cc6c5cc4N(c4ccccc4-c4ccccc4)c4cc(C(C)(C)C)cc1c42)C(C)(C)CCC3(C)C. The molecule has 0 unspecified atom stereocenters. The summed E-state index contributed by atoms with van der Waals surface area (Å²) in [4.78, 5) is 5.29. The van der Waals surface area contributed by atoms with Gasteiger partial charge in [0.15, 0.2) is 0 Å². The smallest absolute Gasteiger partial charge is 0.252 e. The minimum Gasteiger partial charge on any atom is -0.456 e. The molecular weight excluding hydrogens is 812 g/mol. The molecule has 0 N–H and O–H groups in total. The highest BCUT2D eigenvalue weighted by molar-refractivity contribution is 7.00. The van der Waals surface area contributed by atoms with Crippen LogP contribution < -0.4 is 26.2 Å². The fourth-order valence-electron chi connectivity index (χ4n) is 11.6. The fourth-order valence-corrected chi connectivity index (χ4v) is 11.6. The molecule has 0 fully saturated rings. The lowest BCUT2D eigenvalue weighted by Gasteiger charge is -2.48. The van der Waals surface area contributed by atoms with E-state index in [-0.39, 0.29) is 33.8 Å². The van der Waals surface area contributed by atoms with Crippen molar-refractivity contribution in [1.82, 2.24) is 0 Å². The van der Waals surface area contributed by atoms with Gasteiger partial charge in [-0.15, -0.1) is 0 Å². The van der Waals surface area contributed by atoms with Crippen molar-refractivity contribution >= 4 is 79.2 Å². The van der Waals surface area contributed by atoms with E-state index >= 15 is 0 Å². The molecule has 0 amide bonds. The molecule has 3 heterocycles. The van der Waals surface area contributed by atoms with E-state index in [1.807, 2.05) is 0 Å². The third kappa shape index (κ3) is 6.82. The highest BCUT2D eigenvalue weighted by atomic mass is 16.3. The number of hydrogen-bond acceptors (Lipinski definition) is 3. The molecule has 1 aliphatic carbocycles. The zero-order valence-corrected chi connectivity index (χ0v) is 42.4. The highest BCUT2D eigenvalue weighted by Gasteiger charge is 2.47. The molecule has 3 nitrogen and oxygen atoms in total. The van der Waals surface area contributed by atoms with Crippen LogP contribution in [-0.4, -0.2) is 6.71 Å². The molecule has 3 aliphatic rings. The predicted octanol–water partition coefficient (Wildman–Crippen LogP) is 15.9. The van der Waals surface area contributed by atoms with Crippen LogP contribution in [0.3, 0.4) is 0 Å². The lowest BCUT2D eigenvalue weighted by atomic mass is 9.33. The van der Waals surface area contributed by atoms with Crippen molar-refractivity contribution in [2.45, 2.75) is 137 Å². The quantitative estimate of drug-likeness (QED) is 0.165. The van der Waals surface area contributed by atoms with Crippen LogP contribution in [0.1, 0.15) is 136 Å². The van der Waals surface area contributed by atoms with E-state index in [0.717, 1.165) is 29.4 Å². The molecule has 67 heavy (non-hydrogen) atoms. The van der Waals surface area contributed by atoms with Crippen molar-refractivity contribution in [3.8, 4) is 11.1 Å². The molecule has 1 aromatic heterocycles. The van der Waals surface area contributed by atoms with E-state index in [4.69, 9.17) is 4.42 Å². The monoisotopic (exact) mass is 879 g/mol. The highest BCUT2D eigenvalue weighted by Crippen LogP contribution is 2.53. The Morgan fingerprint density at radius 3 is 1.64 bits per heavy atom. The molecule has 2 aliphatic heterocycles. The van der Waals surface area contributed by atoms with Gasteiger partial charge in [0, 0.05) is 44.8 Å². The van der Waals surface area contributed by atoms with Gasteiger partial charge in [-0.25, -0.2) is 0 Å². The summed E-state index contributed by atoms with van der Waals surface area (Å²) in [5.41, 5.74) is 23.8. The third-order valence-corrected chi connectivity index (χ3v) is 15.9. The van der Waals surface area contributed by atoms with Crippen molar-refractivity contribution in [1.29, 1.82) is 0 Å². The Morgan fingerprint density at radius 1 is 0.463 bits per heavy atom. The summed E-state index contributed by atoms with van der Waals surface area (Å²) in [5, 5.41) is 2.32. The number of benzene rings is 7. The molecule has 338 valence electrons. The van der Waals surface area contributed by atoms with Gasteiger partial charge in [0.1, 0.15) is 11.2 Å². The zero-order chi connectivity index (χ0) is 47.3. The van der Waals surface area contributed by atoms with Gasteiger partial charge in [0.2, 0.25) is 0 Å². The third-order valence-electron chi connectivity index (χ3n) is 15.9. The first-order valence-corrected chi connectivity index (χ1v) is 24.8. The molecule has 8 aromatic rings. The standard InChI is InChI=1S/C63H67BN2O/c1-38-30-40(59(2,3)4)24-26-50(38)65-53-36-47-46(62(11,12)28-29-63(47,13)14)35-48(53)64-49-37-57-45(44-31-41(60(5,6)7)25-27-56(44)67-57)34-52(49)66(55-33-42(61(8,9)10)32-54(65)58(55)64)51-23-19-18-22-43(51)39-20-16-15-17-21-39/h15-27,30-37H,28-29H2,1-14H3.